The van der Waals surface area contributed by atoms with Crippen LogP contribution in [0.3, 0.4) is 0 Å². The molecule has 1 saturated carbocycles. The second-order valence-electron chi connectivity index (χ2n) is 4.60. The Balaban J connectivity index is 2.57. The van der Waals surface area contributed by atoms with Gasteiger partial charge in [0.1, 0.15) is 11.0 Å². The third-order valence-electron chi connectivity index (χ3n) is 3.23. The summed E-state index contributed by atoms with van der Waals surface area (Å²) in [6.45, 7) is 0. The van der Waals surface area contributed by atoms with Crippen molar-refractivity contribution in [2.24, 2.45) is 0 Å². The molecule has 1 aromatic heterocycles. The second kappa shape index (κ2) is 5.52. The van der Waals surface area contributed by atoms with E-state index < -0.39 is 37.8 Å². The first-order chi connectivity index (χ1) is 9.75. The molecule has 1 aromatic rings. The van der Waals surface area contributed by atoms with Gasteiger partial charge in [-0.05, 0) is 12.8 Å². The Morgan fingerprint density at radius 1 is 1.33 bits per heavy atom. The summed E-state index contributed by atoms with van der Waals surface area (Å²) in [5, 5.41) is 8.13. The number of hydrogen-bond donors (Lipinski definition) is 0. The van der Waals surface area contributed by atoms with E-state index in [1.807, 2.05) is 0 Å². The number of alkyl halides is 3. The van der Waals surface area contributed by atoms with E-state index in [1.165, 1.54) is 6.07 Å². The van der Waals surface area contributed by atoms with Gasteiger partial charge in [-0.2, -0.15) is 5.26 Å². The molecule has 0 amide bonds. The van der Waals surface area contributed by atoms with Gasteiger partial charge < -0.3 is 4.74 Å². The van der Waals surface area contributed by atoms with Gasteiger partial charge >= 0.3 is 6.36 Å². The molecule has 0 N–H and O–H groups in total. The summed E-state index contributed by atoms with van der Waals surface area (Å²) >= 11 is 0. The quantitative estimate of drug-likeness (QED) is 0.855. The third-order valence-corrected chi connectivity index (χ3v) is 5.54. The minimum Gasteiger partial charge on any atom is -0.404 e. The molecule has 0 aromatic carbocycles. The standard InChI is InChI=1S/C12H11F3N2O3S/c13-12(14,15)20-10-5-6-17-9(7-16)11(10)21(18,19)8-3-1-2-4-8/h5-6,8H,1-4H2. The van der Waals surface area contributed by atoms with Crippen LogP contribution in [-0.2, 0) is 9.84 Å². The van der Waals surface area contributed by atoms with Crippen molar-refractivity contribution >= 4 is 9.84 Å². The van der Waals surface area contributed by atoms with Crippen LogP contribution < -0.4 is 4.74 Å². The van der Waals surface area contributed by atoms with Crippen molar-refractivity contribution in [2.45, 2.75) is 42.2 Å². The molecule has 114 valence electrons. The molecule has 21 heavy (non-hydrogen) atoms. The molecule has 0 spiro atoms. The predicted molar refractivity (Wildman–Crippen MR) is 65.1 cm³/mol. The summed E-state index contributed by atoms with van der Waals surface area (Å²) in [5.41, 5.74) is -0.580. The van der Waals surface area contributed by atoms with Crippen LogP contribution in [0.25, 0.3) is 0 Å². The number of ether oxygens (including phenoxy) is 1. The van der Waals surface area contributed by atoms with Crippen LogP contribution in [-0.4, -0.2) is 25.0 Å². The highest BCUT2D eigenvalue weighted by atomic mass is 32.2. The van der Waals surface area contributed by atoms with Gasteiger partial charge in [0.05, 0.1) is 5.25 Å². The van der Waals surface area contributed by atoms with Crippen molar-refractivity contribution in [3.8, 4) is 11.8 Å². The fraction of sp³-hybridized carbons (Fsp3) is 0.500. The molecule has 0 atom stereocenters. The van der Waals surface area contributed by atoms with Crippen molar-refractivity contribution in [3.63, 3.8) is 0 Å². The molecule has 9 heteroatoms. The maximum absolute atomic E-state index is 12.5. The number of pyridine rings is 1. The molecular weight excluding hydrogens is 309 g/mol. The Kier molecular flexibility index (Phi) is 4.09. The normalized spacial score (nSPS) is 16.7. The first-order valence-electron chi connectivity index (χ1n) is 6.14. The van der Waals surface area contributed by atoms with Crippen molar-refractivity contribution in [1.82, 2.24) is 4.98 Å². The topological polar surface area (TPSA) is 80.0 Å². The minimum atomic E-state index is -5.05. The number of rotatable bonds is 3. The summed E-state index contributed by atoms with van der Waals surface area (Å²) in [4.78, 5) is 2.77. The fourth-order valence-electron chi connectivity index (χ4n) is 2.36. The zero-order valence-corrected chi connectivity index (χ0v) is 11.5. The highest BCUT2D eigenvalue weighted by Crippen LogP contribution is 2.37. The van der Waals surface area contributed by atoms with Crippen LogP contribution >= 0.6 is 0 Å². The van der Waals surface area contributed by atoms with E-state index >= 15 is 0 Å². The Morgan fingerprint density at radius 2 is 1.95 bits per heavy atom. The largest absolute Gasteiger partial charge is 0.573 e. The van der Waals surface area contributed by atoms with Gasteiger partial charge in [0.25, 0.3) is 0 Å². The summed E-state index contributed by atoms with van der Waals surface area (Å²) in [5.74, 6) is -0.902. The molecule has 0 bridgehead atoms. The first-order valence-corrected chi connectivity index (χ1v) is 7.69. The maximum Gasteiger partial charge on any atom is 0.573 e. The van der Waals surface area contributed by atoms with Crippen LogP contribution in [0.5, 0.6) is 5.75 Å². The Bertz CT molecular complexity index is 674. The Hall–Kier alpha value is -1.82. The van der Waals surface area contributed by atoms with E-state index in [4.69, 9.17) is 5.26 Å². The Labute approximate surface area is 119 Å². The van der Waals surface area contributed by atoms with Crippen molar-refractivity contribution < 1.29 is 26.3 Å². The van der Waals surface area contributed by atoms with Crippen molar-refractivity contribution in [2.75, 3.05) is 0 Å². The van der Waals surface area contributed by atoms with Crippen LogP contribution in [0.2, 0.25) is 0 Å². The van der Waals surface area contributed by atoms with Gasteiger partial charge in [0.2, 0.25) is 0 Å². The van der Waals surface area contributed by atoms with Crippen LogP contribution in [0, 0.1) is 11.3 Å². The van der Waals surface area contributed by atoms with Gasteiger partial charge in [-0.3, -0.25) is 0 Å². The molecule has 0 unspecified atom stereocenters. The number of hydrogen-bond acceptors (Lipinski definition) is 5. The van der Waals surface area contributed by atoms with Crippen molar-refractivity contribution in [1.29, 1.82) is 5.26 Å². The molecule has 5 nitrogen and oxygen atoms in total. The van der Waals surface area contributed by atoms with Gasteiger partial charge in [-0.25, -0.2) is 13.4 Å². The lowest BCUT2D eigenvalue weighted by Gasteiger charge is -2.17. The smallest absolute Gasteiger partial charge is 0.404 e. The van der Waals surface area contributed by atoms with Gasteiger partial charge in [-0.1, -0.05) is 12.8 Å². The molecule has 0 aliphatic heterocycles. The number of sulfone groups is 1. The van der Waals surface area contributed by atoms with Gasteiger partial charge in [-0.15, -0.1) is 13.2 Å². The highest BCUT2D eigenvalue weighted by Gasteiger charge is 2.39. The van der Waals surface area contributed by atoms with Crippen LogP contribution in [0.1, 0.15) is 31.4 Å². The lowest BCUT2D eigenvalue weighted by molar-refractivity contribution is -0.275. The predicted octanol–water partition coefficient (Wildman–Crippen LogP) is 2.57. The van der Waals surface area contributed by atoms with E-state index in [-0.39, 0.29) is 0 Å². The number of halogens is 3. The highest BCUT2D eigenvalue weighted by molar-refractivity contribution is 7.92. The average molecular weight is 320 g/mol. The maximum atomic E-state index is 12.5. The number of nitrogens with zero attached hydrogens (tertiary/aromatic N) is 2. The summed E-state index contributed by atoms with van der Waals surface area (Å²) < 4.78 is 65.9. The van der Waals surface area contributed by atoms with Crippen LogP contribution in [0.15, 0.2) is 17.2 Å². The monoisotopic (exact) mass is 320 g/mol. The second-order valence-corrected chi connectivity index (χ2v) is 6.76. The van der Waals surface area contributed by atoms with Crippen molar-refractivity contribution in [3.05, 3.63) is 18.0 Å². The average Bonchev–Trinajstić information content (AvgIpc) is 2.90. The van der Waals surface area contributed by atoms with E-state index in [0.717, 1.165) is 12.3 Å². The number of aromatic nitrogens is 1. The zero-order chi connectivity index (χ0) is 15.7. The molecule has 0 radical (unpaired) electrons. The van der Waals surface area contributed by atoms with Gasteiger partial charge in [0, 0.05) is 12.3 Å². The lowest BCUT2D eigenvalue weighted by Crippen LogP contribution is -2.24. The molecule has 1 aliphatic rings. The third kappa shape index (κ3) is 3.26. The SMILES string of the molecule is N#Cc1nccc(OC(F)(F)F)c1S(=O)(=O)C1CCCC1. The van der Waals surface area contributed by atoms with Gasteiger partial charge in [0.15, 0.2) is 21.3 Å². The molecule has 0 saturated heterocycles. The first kappa shape index (κ1) is 15.6. The summed E-state index contributed by atoms with van der Waals surface area (Å²) in [6, 6.07) is 2.32. The summed E-state index contributed by atoms with van der Waals surface area (Å²) in [7, 11) is -4.09. The molecule has 1 fully saturated rings. The fourth-order valence-corrected chi connectivity index (χ4v) is 4.40. The van der Waals surface area contributed by atoms with E-state index in [9.17, 15) is 21.6 Å². The van der Waals surface area contributed by atoms with E-state index in [0.29, 0.717) is 25.7 Å². The van der Waals surface area contributed by atoms with E-state index in [1.54, 1.807) is 0 Å². The summed E-state index contributed by atoms with van der Waals surface area (Å²) in [6.07, 6.45) is -2.06. The number of nitriles is 1. The molecule has 1 aliphatic carbocycles. The zero-order valence-electron chi connectivity index (χ0n) is 10.7. The molecular formula is C12H11F3N2O3S. The molecule has 2 rings (SSSR count). The molecule has 1 heterocycles. The van der Waals surface area contributed by atoms with Crippen LogP contribution in [0.4, 0.5) is 13.2 Å². The Morgan fingerprint density at radius 3 is 2.48 bits per heavy atom. The van der Waals surface area contributed by atoms with E-state index in [2.05, 4.69) is 9.72 Å². The minimum absolute atomic E-state index is 0.355. The lowest BCUT2D eigenvalue weighted by atomic mass is 10.3.